The summed E-state index contributed by atoms with van der Waals surface area (Å²) in [4.78, 5) is 15.6. The zero-order chi connectivity index (χ0) is 24.5. The van der Waals surface area contributed by atoms with Crippen molar-refractivity contribution in [3.63, 3.8) is 0 Å². The van der Waals surface area contributed by atoms with Gasteiger partial charge in [-0.1, -0.05) is 90.3 Å². The molecule has 0 aliphatic rings. The standard InChI is InChI=1S/C31H33BrN2O/c1-2-3-5-9-25-13-17-28(18-14-25)31(35)34(23-26-10-6-4-7-11-26)24-30-12-8-21-33(30)22-27-15-19-29(32)20-16-27/h4,6-8,10-21H,2-3,5,9,22-24H2,1H3. The van der Waals surface area contributed by atoms with Gasteiger partial charge >= 0.3 is 0 Å². The lowest BCUT2D eigenvalue weighted by Gasteiger charge is -2.24. The first kappa shape index (κ1) is 25.0. The summed E-state index contributed by atoms with van der Waals surface area (Å²) in [5.41, 5.74) is 5.51. The van der Waals surface area contributed by atoms with Gasteiger partial charge in [-0.2, -0.15) is 0 Å². The number of hydrogen-bond acceptors (Lipinski definition) is 1. The highest BCUT2D eigenvalue weighted by Crippen LogP contribution is 2.18. The first-order chi connectivity index (χ1) is 17.1. The Morgan fingerprint density at radius 2 is 1.49 bits per heavy atom. The Labute approximate surface area is 217 Å². The van der Waals surface area contributed by atoms with E-state index in [4.69, 9.17) is 0 Å². The number of amides is 1. The Morgan fingerprint density at radius 1 is 0.771 bits per heavy atom. The molecule has 0 spiro atoms. The van der Waals surface area contributed by atoms with Crippen LogP contribution in [0, 0.1) is 0 Å². The number of aromatic nitrogens is 1. The normalized spacial score (nSPS) is 10.9. The first-order valence-corrected chi connectivity index (χ1v) is 13.2. The van der Waals surface area contributed by atoms with E-state index >= 15 is 0 Å². The van der Waals surface area contributed by atoms with Crippen LogP contribution in [0.25, 0.3) is 0 Å². The summed E-state index contributed by atoms with van der Waals surface area (Å²) in [5, 5.41) is 0. The smallest absolute Gasteiger partial charge is 0.254 e. The molecular weight excluding hydrogens is 496 g/mol. The molecule has 0 N–H and O–H groups in total. The van der Waals surface area contributed by atoms with E-state index in [1.54, 1.807) is 0 Å². The highest BCUT2D eigenvalue weighted by molar-refractivity contribution is 9.10. The molecular formula is C31H33BrN2O. The van der Waals surface area contributed by atoms with Crippen LogP contribution in [0.5, 0.6) is 0 Å². The zero-order valence-corrected chi connectivity index (χ0v) is 22.0. The van der Waals surface area contributed by atoms with E-state index in [2.05, 4.69) is 94.3 Å². The van der Waals surface area contributed by atoms with Gasteiger partial charge in [0.05, 0.1) is 6.54 Å². The Kier molecular flexibility index (Phi) is 8.96. The molecule has 3 nitrogen and oxygen atoms in total. The summed E-state index contributed by atoms with van der Waals surface area (Å²) in [7, 11) is 0. The monoisotopic (exact) mass is 528 g/mol. The van der Waals surface area contributed by atoms with Crippen LogP contribution in [0.1, 0.15) is 58.9 Å². The second-order valence-corrected chi connectivity index (χ2v) is 9.97. The molecule has 0 saturated heterocycles. The first-order valence-electron chi connectivity index (χ1n) is 12.4. The van der Waals surface area contributed by atoms with Gasteiger partial charge < -0.3 is 9.47 Å². The quantitative estimate of drug-likeness (QED) is 0.182. The maximum Gasteiger partial charge on any atom is 0.254 e. The molecule has 1 aromatic heterocycles. The van der Waals surface area contributed by atoms with Crippen molar-refractivity contribution in [2.45, 2.75) is 52.2 Å². The molecule has 0 fully saturated rings. The highest BCUT2D eigenvalue weighted by atomic mass is 79.9. The molecule has 0 atom stereocenters. The van der Waals surface area contributed by atoms with Crippen molar-refractivity contribution >= 4 is 21.8 Å². The Balaban J connectivity index is 1.53. The predicted molar refractivity (Wildman–Crippen MR) is 147 cm³/mol. The van der Waals surface area contributed by atoms with Crippen LogP contribution in [0.4, 0.5) is 0 Å². The summed E-state index contributed by atoms with van der Waals surface area (Å²) >= 11 is 3.51. The van der Waals surface area contributed by atoms with Crippen LogP contribution >= 0.6 is 15.9 Å². The topological polar surface area (TPSA) is 25.2 Å². The molecule has 0 radical (unpaired) electrons. The number of unbranched alkanes of at least 4 members (excludes halogenated alkanes) is 2. The molecule has 0 saturated carbocycles. The minimum atomic E-state index is 0.0605. The van der Waals surface area contributed by atoms with Crippen LogP contribution in [0.15, 0.2) is 102 Å². The van der Waals surface area contributed by atoms with Crippen LogP contribution in [-0.2, 0) is 26.1 Å². The number of hydrogen-bond donors (Lipinski definition) is 0. The SMILES string of the molecule is CCCCCc1ccc(C(=O)N(Cc2ccccc2)Cc2cccn2Cc2ccc(Br)cc2)cc1. The van der Waals surface area contributed by atoms with Crippen molar-refractivity contribution in [2.24, 2.45) is 0 Å². The summed E-state index contributed by atoms with van der Waals surface area (Å²) in [6, 6.07) is 31.0. The number of carbonyl (C=O) groups excluding carboxylic acids is 1. The third kappa shape index (κ3) is 7.19. The summed E-state index contributed by atoms with van der Waals surface area (Å²) in [5.74, 6) is 0.0605. The van der Waals surface area contributed by atoms with E-state index in [-0.39, 0.29) is 5.91 Å². The molecule has 4 aromatic rings. The summed E-state index contributed by atoms with van der Waals surface area (Å²) in [6.07, 6.45) is 6.81. The fraction of sp³-hybridized carbons (Fsp3) is 0.258. The second-order valence-electron chi connectivity index (χ2n) is 9.05. The van der Waals surface area contributed by atoms with E-state index in [0.717, 1.165) is 34.3 Å². The third-order valence-corrected chi connectivity index (χ3v) is 6.84. The average molecular weight is 530 g/mol. The minimum Gasteiger partial charge on any atom is -0.345 e. The van der Waals surface area contributed by atoms with Gasteiger partial charge in [0, 0.05) is 35.0 Å². The molecule has 0 bridgehead atoms. The van der Waals surface area contributed by atoms with E-state index in [1.807, 2.05) is 35.2 Å². The number of rotatable bonds is 11. The lowest BCUT2D eigenvalue weighted by atomic mass is 10.0. The molecule has 4 rings (SSSR count). The van der Waals surface area contributed by atoms with Crippen molar-refractivity contribution in [1.29, 1.82) is 0 Å². The van der Waals surface area contributed by atoms with Gasteiger partial charge in [0.25, 0.3) is 5.91 Å². The van der Waals surface area contributed by atoms with Gasteiger partial charge in [-0.25, -0.2) is 0 Å². The van der Waals surface area contributed by atoms with Crippen molar-refractivity contribution in [1.82, 2.24) is 9.47 Å². The number of carbonyl (C=O) groups is 1. The highest BCUT2D eigenvalue weighted by Gasteiger charge is 2.18. The number of halogens is 1. The van der Waals surface area contributed by atoms with E-state index in [0.29, 0.717) is 13.1 Å². The number of nitrogens with zero attached hydrogens (tertiary/aromatic N) is 2. The van der Waals surface area contributed by atoms with Gasteiger partial charge in [0.1, 0.15) is 0 Å². The number of benzene rings is 3. The van der Waals surface area contributed by atoms with E-state index < -0.39 is 0 Å². The van der Waals surface area contributed by atoms with Gasteiger partial charge in [-0.15, -0.1) is 0 Å². The predicted octanol–water partition coefficient (Wildman–Crippen LogP) is 7.87. The van der Waals surface area contributed by atoms with Crippen molar-refractivity contribution < 1.29 is 4.79 Å². The average Bonchev–Trinajstić information content (AvgIpc) is 3.32. The van der Waals surface area contributed by atoms with Gasteiger partial charge in [-0.05, 0) is 65.9 Å². The molecule has 1 amide bonds. The maximum atomic E-state index is 13.7. The lowest BCUT2D eigenvalue weighted by Crippen LogP contribution is -2.31. The zero-order valence-electron chi connectivity index (χ0n) is 20.4. The molecule has 0 aliphatic carbocycles. The molecule has 0 unspecified atom stereocenters. The summed E-state index contributed by atoms with van der Waals surface area (Å²) in [6.45, 7) is 4.12. The van der Waals surface area contributed by atoms with Crippen LogP contribution < -0.4 is 0 Å². The van der Waals surface area contributed by atoms with Gasteiger partial charge in [0.15, 0.2) is 0 Å². The Morgan fingerprint density at radius 3 is 2.20 bits per heavy atom. The van der Waals surface area contributed by atoms with E-state index in [9.17, 15) is 4.79 Å². The van der Waals surface area contributed by atoms with Crippen molar-refractivity contribution in [3.8, 4) is 0 Å². The van der Waals surface area contributed by atoms with E-state index in [1.165, 1.54) is 30.4 Å². The molecule has 180 valence electrons. The number of aryl methyl sites for hydroxylation is 1. The lowest BCUT2D eigenvalue weighted by molar-refractivity contribution is 0.0726. The molecule has 4 heteroatoms. The molecule has 1 heterocycles. The summed E-state index contributed by atoms with van der Waals surface area (Å²) < 4.78 is 3.30. The van der Waals surface area contributed by atoms with Crippen LogP contribution in [-0.4, -0.2) is 15.4 Å². The maximum absolute atomic E-state index is 13.7. The molecule has 3 aromatic carbocycles. The third-order valence-electron chi connectivity index (χ3n) is 6.32. The van der Waals surface area contributed by atoms with Crippen LogP contribution in [0.3, 0.4) is 0 Å². The van der Waals surface area contributed by atoms with Gasteiger partial charge in [0.2, 0.25) is 0 Å². The van der Waals surface area contributed by atoms with Crippen molar-refractivity contribution in [3.05, 3.63) is 130 Å². The Hall–Kier alpha value is -3.11. The fourth-order valence-corrected chi connectivity index (χ4v) is 4.57. The van der Waals surface area contributed by atoms with Crippen molar-refractivity contribution in [2.75, 3.05) is 0 Å². The minimum absolute atomic E-state index is 0.0605. The fourth-order valence-electron chi connectivity index (χ4n) is 4.31. The molecule has 35 heavy (non-hydrogen) atoms. The van der Waals surface area contributed by atoms with Gasteiger partial charge in [-0.3, -0.25) is 4.79 Å². The largest absolute Gasteiger partial charge is 0.345 e. The Bertz CT molecular complexity index is 1200. The van der Waals surface area contributed by atoms with Crippen LogP contribution in [0.2, 0.25) is 0 Å². The second kappa shape index (κ2) is 12.6. The molecule has 0 aliphatic heterocycles.